The maximum atomic E-state index is 11.0. The summed E-state index contributed by atoms with van der Waals surface area (Å²) in [6.45, 7) is 4.84. The Morgan fingerprint density at radius 3 is 2.68 bits per heavy atom. The highest BCUT2D eigenvalue weighted by Gasteiger charge is 2.20. The molecule has 0 fully saturated rings. The number of carbonyl (C=O) groups is 1. The van der Waals surface area contributed by atoms with Crippen LogP contribution >= 0.6 is 15.9 Å². The van der Waals surface area contributed by atoms with Gasteiger partial charge < -0.3 is 21.5 Å². The van der Waals surface area contributed by atoms with Crippen LogP contribution in [0.2, 0.25) is 0 Å². The molecule has 22 heavy (non-hydrogen) atoms. The second-order valence-corrected chi connectivity index (χ2v) is 6.20. The molecule has 0 spiro atoms. The zero-order valence-corrected chi connectivity index (χ0v) is 14.1. The fourth-order valence-corrected chi connectivity index (χ4v) is 2.77. The van der Waals surface area contributed by atoms with Gasteiger partial charge in [-0.25, -0.2) is 4.79 Å². The summed E-state index contributed by atoms with van der Waals surface area (Å²) < 4.78 is 0.929. The second kappa shape index (κ2) is 6.39. The van der Waals surface area contributed by atoms with Gasteiger partial charge in [-0.1, -0.05) is 0 Å². The molecule has 5 N–H and O–H groups in total. The van der Waals surface area contributed by atoms with Gasteiger partial charge in [0.2, 0.25) is 0 Å². The Labute approximate surface area is 137 Å². The molecule has 1 aliphatic rings. The number of hydrogen-bond donors (Lipinski definition) is 3. The number of hydrogen-bond acceptors (Lipinski definition) is 5. The van der Waals surface area contributed by atoms with E-state index in [-0.39, 0.29) is 5.70 Å². The van der Waals surface area contributed by atoms with Gasteiger partial charge in [0, 0.05) is 35.9 Å². The second-order valence-electron chi connectivity index (χ2n) is 5.28. The van der Waals surface area contributed by atoms with E-state index < -0.39 is 5.97 Å². The van der Waals surface area contributed by atoms with Crippen molar-refractivity contribution in [3.63, 3.8) is 0 Å². The molecular formula is C15H19BrN4O2. The molecule has 0 bridgehead atoms. The molecular weight excluding hydrogens is 348 g/mol. The molecule has 6 nitrogen and oxygen atoms in total. The van der Waals surface area contributed by atoms with E-state index in [1.807, 2.05) is 11.0 Å². The van der Waals surface area contributed by atoms with Crippen LogP contribution in [0.3, 0.4) is 0 Å². The average molecular weight is 367 g/mol. The number of carboxylic acids is 1. The summed E-state index contributed by atoms with van der Waals surface area (Å²) in [5, 5.41) is 8.98. The van der Waals surface area contributed by atoms with E-state index in [4.69, 9.17) is 16.6 Å². The minimum absolute atomic E-state index is 0.178. The number of carboxylic acid groups (broad SMARTS) is 1. The van der Waals surface area contributed by atoms with E-state index in [0.29, 0.717) is 23.5 Å². The fraction of sp³-hybridized carbons (Fsp3) is 0.333. The lowest BCUT2D eigenvalue weighted by Crippen LogP contribution is -2.35. The summed E-state index contributed by atoms with van der Waals surface area (Å²) in [4.78, 5) is 17.4. The van der Waals surface area contributed by atoms with Gasteiger partial charge in [-0.2, -0.15) is 0 Å². The molecule has 0 aromatic carbocycles. The van der Waals surface area contributed by atoms with Crippen LogP contribution < -0.4 is 11.5 Å². The number of halogens is 1. The number of aliphatic carboxylic acids is 1. The minimum Gasteiger partial charge on any atom is -0.477 e. The number of rotatable bonds is 3. The summed E-state index contributed by atoms with van der Waals surface area (Å²) in [7, 11) is 0. The van der Waals surface area contributed by atoms with E-state index in [1.165, 1.54) is 0 Å². The monoisotopic (exact) mass is 366 g/mol. The maximum absolute atomic E-state index is 11.0. The van der Waals surface area contributed by atoms with Gasteiger partial charge in [-0.3, -0.25) is 4.98 Å². The number of fused-ring (bicyclic) bond motifs is 1. The lowest BCUT2D eigenvalue weighted by atomic mass is 10.0. The van der Waals surface area contributed by atoms with Gasteiger partial charge in [0.1, 0.15) is 11.5 Å². The molecule has 2 heterocycles. The van der Waals surface area contributed by atoms with Gasteiger partial charge in [0.05, 0.1) is 0 Å². The van der Waals surface area contributed by atoms with Crippen molar-refractivity contribution in [2.75, 3.05) is 6.54 Å². The van der Waals surface area contributed by atoms with Crippen LogP contribution in [0.1, 0.15) is 25.1 Å². The standard InChI is InChI=1S/C15H19BrN4O2/c1-8(13(17)15(21)22)9(2)14(18)20-4-3-12-10(7-20)5-11(16)6-19-12/h5-6H,3-4,7,17-18H2,1-2H3,(H,21,22)/b13-8-,14-9+. The first kappa shape index (κ1) is 16.4. The number of nitrogens with zero attached hydrogens (tertiary/aromatic N) is 2. The highest BCUT2D eigenvalue weighted by atomic mass is 79.9. The van der Waals surface area contributed by atoms with E-state index in [2.05, 4.69) is 20.9 Å². The summed E-state index contributed by atoms with van der Waals surface area (Å²) in [5.41, 5.74) is 15.0. The smallest absolute Gasteiger partial charge is 0.352 e. The van der Waals surface area contributed by atoms with Crippen LogP contribution in [-0.4, -0.2) is 27.5 Å². The van der Waals surface area contributed by atoms with Crippen LogP contribution in [0.25, 0.3) is 0 Å². The molecule has 118 valence electrons. The SMILES string of the molecule is CC(=C(/N)C(=O)O)/C(C)=C(\N)N1CCc2ncc(Br)cc2C1. The number of aromatic nitrogens is 1. The van der Waals surface area contributed by atoms with Crippen LogP contribution in [0.5, 0.6) is 0 Å². The Morgan fingerprint density at radius 2 is 2.05 bits per heavy atom. The molecule has 0 atom stereocenters. The molecule has 7 heteroatoms. The van der Waals surface area contributed by atoms with Crippen molar-refractivity contribution in [1.82, 2.24) is 9.88 Å². The quantitative estimate of drug-likeness (QED) is 0.555. The van der Waals surface area contributed by atoms with E-state index in [1.54, 1.807) is 20.0 Å². The van der Waals surface area contributed by atoms with Crippen molar-refractivity contribution in [2.24, 2.45) is 11.5 Å². The predicted octanol–water partition coefficient (Wildman–Crippen LogP) is 1.71. The number of nitrogens with two attached hydrogens (primary N) is 2. The summed E-state index contributed by atoms with van der Waals surface area (Å²) in [5.74, 6) is -0.589. The van der Waals surface area contributed by atoms with E-state index in [9.17, 15) is 4.79 Å². The molecule has 2 rings (SSSR count). The molecule has 0 unspecified atom stereocenters. The Kier molecular flexibility index (Phi) is 4.75. The highest BCUT2D eigenvalue weighted by molar-refractivity contribution is 9.10. The topological polar surface area (TPSA) is 105 Å². The summed E-state index contributed by atoms with van der Waals surface area (Å²) in [6.07, 6.45) is 2.59. The maximum Gasteiger partial charge on any atom is 0.352 e. The van der Waals surface area contributed by atoms with Crippen LogP contribution in [0, 0.1) is 0 Å². The molecule has 1 aliphatic heterocycles. The molecule has 0 amide bonds. The minimum atomic E-state index is -1.14. The van der Waals surface area contributed by atoms with Crippen molar-refractivity contribution >= 4 is 21.9 Å². The summed E-state index contributed by atoms with van der Waals surface area (Å²) >= 11 is 3.42. The third-order valence-electron chi connectivity index (χ3n) is 3.93. The van der Waals surface area contributed by atoms with Crippen LogP contribution in [-0.2, 0) is 17.8 Å². The predicted molar refractivity (Wildman–Crippen MR) is 87.5 cm³/mol. The molecule has 0 aliphatic carbocycles. The Balaban J connectivity index is 2.31. The van der Waals surface area contributed by atoms with Gasteiger partial charge in [-0.15, -0.1) is 0 Å². The number of pyridine rings is 1. The molecule has 1 aromatic rings. The lowest BCUT2D eigenvalue weighted by Gasteiger charge is -2.31. The van der Waals surface area contributed by atoms with Crippen molar-refractivity contribution in [3.05, 3.63) is 50.7 Å². The average Bonchev–Trinajstić information content (AvgIpc) is 2.51. The zero-order valence-electron chi connectivity index (χ0n) is 12.6. The lowest BCUT2D eigenvalue weighted by molar-refractivity contribution is -0.132. The first-order valence-corrected chi connectivity index (χ1v) is 7.65. The zero-order chi connectivity index (χ0) is 16.4. The van der Waals surface area contributed by atoms with Gasteiger partial charge in [0.15, 0.2) is 0 Å². The van der Waals surface area contributed by atoms with Crippen LogP contribution in [0.15, 0.2) is 39.4 Å². The van der Waals surface area contributed by atoms with Gasteiger partial charge in [-0.05, 0) is 52.6 Å². The largest absolute Gasteiger partial charge is 0.477 e. The molecule has 0 saturated carbocycles. The first-order valence-electron chi connectivity index (χ1n) is 6.86. The molecule has 0 radical (unpaired) electrons. The Hall–Kier alpha value is -2.02. The number of allylic oxidation sites excluding steroid dienone is 2. The first-order chi connectivity index (χ1) is 10.3. The fourth-order valence-electron chi connectivity index (χ4n) is 2.39. The third kappa shape index (κ3) is 3.24. The normalized spacial score (nSPS) is 16.6. The molecule has 0 saturated heterocycles. The molecule has 1 aromatic heterocycles. The van der Waals surface area contributed by atoms with Gasteiger partial charge in [0.25, 0.3) is 0 Å². The Bertz CT molecular complexity index is 682. The van der Waals surface area contributed by atoms with E-state index in [0.717, 1.165) is 28.7 Å². The van der Waals surface area contributed by atoms with Crippen molar-refractivity contribution in [2.45, 2.75) is 26.8 Å². The van der Waals surface area contributed by atoms with Crippen molar-refractivity contribution in [3.8, 4) is 0 Å². The third-order valence-corrected chi connectivity index (χ3v) is 4.36. The summed E-state index contributed by atoms with van der Waals surface area (Å²) in [6, 6.07) is 2.03. The van der Waals surface area contributed by atoms with Crippen LogP contribution in [0.4, 0.5) is 0 Å². The van der Waals surface area contributed by atoms with Crippen molar-refractivity contribution in [1.29, 1.82) is 0 Å². The highest BCUT2D eigenvalue weighted by Crippen LogP contribution is 2.24. The van der Waals surface area contributed by atoms with E-state index >= 15 is 0 Å². The van der Waals surface area contributed by atoms with Crippen molar-refractivity contribution < 1.29 is 9.90 Å². The van der Waals surface area contributed by atoms with Gasteiger partial charge >= 0.3 is 5.97 Å². The Morgan fingerprint density at radius 1 is 1.36 bits per heavy atom.